The van der Waals surface area contributed by atoms with Gasteiger partial charge in [0.1, 0.15) is 0 Å². The molecule has 1 N–H and O–H groups in total. The first-order chi connectivity index (χ1) is 9.78. The van der Waals surface area contributed by atoms with Gasteiger partial charge in [0.25, 0.3) is 0 Å². The molecule has 118 valence electrons. The molecule has 2 heterocycles. The summed E-state index contributed by atoms with van der Waals surface area (Å²) in [6.07, 6.45) is 6.54. The Morgan fingerprint density at radius 1 is 1.35 bits per heavy atom. The number of hydrogen-bond donors (Lipinski definition) is 1. The fraction of sp³-hybridized carbons (Fsp3) is 1.00. The van der Waals surface area contributed by atoms with Crippen LogP contribution >= 0.6 is 0 Å². The van der Waals surface area contributed by atoms with E-state index in [1.54, 1.807) is 0 Å². The van der Waals surface area contributed by atoms with Crippen LogP contribution in [0, 0.1) is 5.41 Å². The minimum Gasteiger partial charge on any atom is -0.381 e. The number of nitrogens with one attached hydrogen (secondary N) is 1. The second-order valence-electron chi connectivity index (χ2n) is 6.54. The zero-order chi connectivity index (χ0) is 14.3. The van der Waals surface area contributed by atoms with E-state index < -0.39 is 0 Å². The SMILES string of the molecule is CCCNCC1(CN2CCC(OC)CC2)CCCOC1. The van der Waals surface area contributed by atoms with Crippen molar-refractivity contribution < 1.29 is 9.47 Å². The first-order valence-corrected chi connectivity index (χ1v) is 8.31. The van der Waals surface area contributed by atoms with E-state index in [4.69, 9.17) is 9.47 Å². The highest BCUT2D eigenvalue weighted by atomic mass is 16.5. The van der Waals surface area contributed by atoms with Crippen LogP contribution in [0.4, 0.5) is 0 Å². The predicted molar refractivity (Wildman–Crippen MR) is 82.1 cm³/mol. The monoisotopic (exact) mass is 284 g/mol. The molecule has 0 aromatic heterocycles. The molecule has 2 aliphatic rings. The van der Waals surface area contributed by atoms with Gasteiger partial charge in [-0.25, -0.2) is 0 Å². The van der Waals surface area contributed by atoms with Gasteiger partial charge in [-0.15, -0.1) is 0 Å². The lowest BCUT2D eigenvalue weighted by atomic mass is 9.81. The third-order valence-electron chi connectivity index (χ3n) is 4.76. The van der Waals surface area contributed by atoms with Gasteiger partial charge in [-0.05, 0) is 38.6 Å². The number of nitrogens with zero attached hydrogens (tertiary/aromatic N) is 1. The summed E-state index contributed by atoms with van der Waals surface area (Å²) < 4.78 is 11.3. The zero-order valence-corrected chi connectivity index (χ0v) is 13.3. The average molecular weight is 284 g/mol. The van der Waals surface area contributed by atoms with E-state index in [1.165, 1.54) is 51.7 Å². The Labute approximate surface area is 124 Å². The van der Waals surface area contributed by atoms with Gasteiger partial charge in [0.05, 0.1) is 12.7 Å². The van der Waals surface area contributed by atoms with Gasteiger partial charge in [0, 0.05) is 45.3 Å². The van der Waals surface area contributed by atoms with E-state index in [2.05, 4.69) is 17.1 Å². The van der Waals surface area contributed by atoms with Gasteiger partial charge < -0.3 is 19.7 Å². The molecule has 0 aliphatic carbocycles. The van der Waals surface area contributed by atoms with Crippen LogP contribution < -0.4 is 5.32 Å². The maximum Gasteiger partial charge on any atom is 0.0595 e. The Hall–Kier alpha value is -0.160. The molecule has 4 nitrogen and oxygen atoms in total. The van der Waals surface area contributed by atoms with Crippen molar-refractivity contribution in [1.29, 1.82) is 0 Å². The molecule has 0 amide bonds. The summed E-state index contributed by atoms with van der Waals surface area (Å²) in [5.41, 5.74) is 0.327. The van der Waals surface area contributed by atoms with E-state index in [0.717, 1.165) is 26.3 Å². The number of methoxy groups -OCH3 is 1. The molecule has 2 saturated heterocycles. The molecule has 0 saturated carbocycles. The molecule has 0 radical (unpaired) electrons. The summed E-state index contributed by atoms with van der Waals surface area (Å²) in [7, 11) is 1.84. The predicted octanol–water partition coefficient (Wildman–Crippen LogP) is 1.89. The lowest BCUT2D eigenvalue weighted by molar-refractivity contribution is -0.0382. The van der Waals surface area contributed by atoms with Crippen molar-refractivity contribution in [2.45, 2.75) is 45.1 Å². The first kappa shape index (κ1) is 16.2. The first-order valence-electron chi connectivity index (χ1n) is 8.31. The van der Waals surface area contributed by atoms with Crippen LogP contribution in [0.25, 0.3) is 0 Å². The number of likely N-dealkylation sites (tertiary alicyclic amines) is 1. The summed E-state index contributed by atoms with van der Waals surface area (Å²) in [6, 6.07) is 0. The smallest absolute Gasteiger partial charge is 0.0595 e. The summed E-state index contributed by atoms with van der Waals surface area (Å²) >= 11 is 0. The molecule has 1 atom stereocenters. The zero-order valence-electron chi connectivity index (χ0n) is 13.3. The van der Waals surface area contributed by atoms with Crippen LogP contribution in [0.15, 0.2) is 0 Å². The van der Waals surface area contributed by atoms with E-state index in [9.17, 15) is 0 Å². The minimum absolute atomic E-state index is 0.327. The molecule has 0 aromatic rings. The molecular formula is C16H32N2O2. The van der Waals surface area contributed by atoms with Gasteiger partial charge in [0.15, 0.2) is 0 Å². The highest BCUT2D eigenvalue weighted by Crippen LogP contribution is 2.30. The van der Waals surface area contributed by atoms with Crippen LogP contribution in [-0.4, -0.2) is 64.1 Å². The number of hydrogen-bond acceptors (Lipinski definition) is 4. The number of rotatable bonds is 7. The highest BCUT2D eigenvalue weighted by molar-refractivity contribution is 4.88. The lowest BCUT2D eigenvalue weighted by Crippen LogP contribution is -2.51. The van der Waals surface area contributed by atoms with Crippen molar-refractivity contribution in [3.05, 3.63) is 0 Å². The van der Waals surface area contributed by atoms with E-state index in [0.29, 0.717) is 11.5 Å². The lowest BCUT2D eigenvalue weighted by Gasteiger charge is -2.43. The molecule has 0 spiro atoms. The second-order valence-corrected chi connectivity index (χ2v) is 6.54. The van der Waals surface area contributed by atoms with Crippen LogP contribution in [0.5, 0.6) is 0 Å². The Morgan fingerprint density at radius 3 is 2.75 bits per heavy atom. The minimum atomic E-state index is 0.327. The van der Waals surface area contributed by atoms with Crippen molar-refractivity contribution in [3.8, 4) is 0 Å². The van der Waals surface area contributed by atoms with E-state index in [1.807, 2.05) is 7.11 Å². The molecule has 2 rings (SSSR count). The molecule has 2 fully saturated rings. The third-order valence-corrected chi connectivity index (χ3v) is 4.76. The summed E-state index contributed by atoms with van der Waals surface area (Å²) in [5, 5.41) is 3.62. The molecular weight excluding hydrogens is 252 g/mol. The van der Waals surface area contributed by atoms with Crippen molar-refractivity contribution in [2.24, 2.45) is 5.41 Å². The van der Waals surface area contributed by atoms with Crippen LogP contribution in [0.1, 0.15) is 39.0 Å². The fourth-order valence-electron chi connectivity index (χ4n) is 3.54. The quantitative estimate of drug-likeness (QED) is 0.724. The Bertz CT molecular complexity index is 259. The van der Waals surface area contributed by atoms with Gasteiger partial charge >= 0.3 is 0 Å². The molecule has 4 heteroatoms. The standard InChI is InChI=1S/C16H32N2O2/c1-3-8-17-12-16(7-4-11-20-14-16)13-18-9-5-15(19-2)6-10-18/h15,17H,3-14H2,1-2H3. The summed E-state index contributed by atoms with van der Waals surface area (Å²) in [5.74, 6) is 0. The molecule has 2 aliphatic heterocycles. The van der Waals surface area contributed by atoms with Crippen LogP contribution in [0.2, 0.25) is 0 Å². The van der Waals surface area contributed by atoms with Crippen molar-refractivity contribution in [3.63, 3.8) is 0 Å². The third kappa shape index (κ3) is 4.69. The van der Waals surface area contributed by atoms with Gasteiger partial charge in [-0.2, -0.15) is 0 Å². The molecule has 0 bridgehead atoms. The van der Waals surface area contributed by atoms with Crippen LogP contribution in [-0.2, 0) is 9.47 Å². The maximum absolute atomic E-state index is 5.81. The topological polar surface area (TPSA) is 33.7 Å². The highest BCUT2D eigenvalue weighted by Gasteiger charge is 2.35. The van der Waals surface area contributed by atoms with Crippen molar-refractivity contribution in [2.75, 3.05) is 53.0 Å². The number of piperidine rings is 1. The number of ether oxygens (including phenoxy) is 2. The molecule has 20 heavy (non-hydrogen) atoms. The van der Waals surface area contributed by atoms with E-state index >= 15 is 0 Å². The average Bonchev–Trinajstić information content (AvgIpc) is 2.49. The summed E-state index contributed by atoms with van der Waals surface area (Å²) in [6.45, 7) is 9.85. The second kappa shape index (κ2) is 8.32. The van der Waals surface area contributed by atoms with Crippen molar-refractivity contribution >= 4 is 0 Å². The van der Waals surface area contributed by atoms with E-state index in [-0.39, 0.29) is 0 Å². The Morgan fingerprint density at radius 2 is 2.15 bits per heavy atom. The molecule has 1 unspecified atom stereocenters. The Kier molecular flexibility index (Phi) is 6.75. The fourth-order valence-corrected chi connectivity index (χ4v) is 3.54. The molecule has 0 aromatic carbocycles. The normalized spacial score (nSPS) is 29.7. The van der Waals surface area contributed by atoms with Gasteiger partial charge in [-0.3, -0.25) is 0 Å². The maximum atomic E-state index is 5.81. The largest absolute Gasteiger partial charge is 0.381 e. The van der Waals surface area contributed by atoms with Crippen molar-refractivity contribution in [1.82, 2.24) is 10.2 Å². The van der Waals surface area contributed by atoms with Crippen LogP contribution in [0.3, 0.4) is 0 Å². The van der Waals surface area contributed by atoms with Gasteiger partial charge in [-0.1, -0.05) is 6.92 Å². The van der Waals surface area contributed by atoms with Gasteiger partial charge in [0.2, 0.25) is 0 Å². The summed E-state index contributed by atoms with van der Waals surface area (Å²) in [4.78, 5) is 2.62. The Balaban J connectivity index is 1.83.